The quantitative estimate of drug-likeness (QED) is 0.786. The Morgan fingerprint density at radius 1 is 1.15 bits per heavy atom. The molecule has 0 atom stereocenters. The molecule has 1 aromatic rings. The van der Waals surface area contributed by atoms with Crippen LogP contribution in [0.2, 0.25) is 0 Å². The monoisotopic (exact) mass is 277 g/mol. The topological polar surface area (TPSA) is 28.2 Å². The smallest absolute Gasteiger partial charge is 0.0445 e. The molecule has 0 fully saturated rings. The summed E-state index contributed by atoms with van der Waals surface area (Å²) in [5.74, 6) is 1.32. The van der Waals surface area contributed by atoms with E-state index in [2.05, 4.69) is 62.8 Å². The van der Waals surface area contributed by atoms with Crippen LogP contribution >= 0.6 is 0 Å². The third kappa shape index (κ3) is 5.49. The summed E-state index contributed by atoms with van der Waals surface area (Å²) in [6.07, 6.45) is 2.03. The number of rotatable bonds is 8. The summed E-state index contributed by atoms with van der Waals surface area (Å²) in [5.41, 5.74) is 3.75. The molecule has 20 heavy (non-hydrogen) atoms. The van der Waals surface area contributed by atoms with Crippen LogP contribution in [0.5, 0.6) is 0 Å². The first-order valence-corrected chi connectivity index (χ1v) is 7.85. The number of aryl methyl sites for hydroxylation is 1. The number of anilines is 1. The summed E-state index contributed by atoms with van der Waals surface area (Å²) >= 11 is 0. The van der Waals surface area contributed by atoms with E-state index < -0.39 is 0 Å². The van der Waals surface area contributed by atoms with E-state index in [9.17, 15) is 0 Å². The minimum Gasteiger partial charge on any atom is -0.371 e. The van der Waals surface area contributed by atoms with Gasteiger partial charge in [0.05, 0.1) is 0 Å². The van der Waals surface area contributed by atoms with Crippen molar-refractivity contribution >= 4 is 5.69 Å². The Labute approximate surface area is 124 Å². The van der Waals surface area contributed by atoms with Gasteiger partial charge in [0.15, 0.2) is 0 Å². The van der Waals surface area contributed by atoms with Crippen LogP contribution in [0.15, 0.2) is 12.3 Å². The Bertz CT molecular complexity index is 389. The Morgan fingerprint density at radius 2 is 1.75 bits per heavy atom. The average Bonchev–Trinajstić information content (AvgIpc) is 2.35. The standard InChI is InChI=1S/C17H31N3/c1-7-18-9-16-10-19-15(6)8-17(16)20(11-13(2)3)12-14(4)5/h8,10,13-14,18H,7,9,11-12H2,1-6H3. The molecule has 114 valence electrons. The summed E-state index contributed by atoms with van der Waals surface area (Å²) in [5, 5.41) is 3.42. The van der Waals surface area contributed by atoms with Crippen molar-refractivity contribution < 1.29 is 0 Å². The summed E-state index contributed by atoms with van der Waals surface area (Å²) in [6, 6.07) is 2.23. The number of nitrogens with zero attached hydrogens (tertiary/aromatic N) is 2. The van der Waals surface area contributed by atoms with Gasteiger partial charge in [-0.1, -0.05) is 34.6 Å². The molecule has 0 radical (unpaired) electrons. The van der Waals surface area contributed by atoms with Gasteiger partial charge in [-0.2, -0.15) is 0 Å². The lowest BCUT2D eigenvalue weighted by Gasteiger charge is -2.30. The second-order valence-corrected chi connectivity index (χ2v) is 6.43. The van der Waals surface area contributed by atoms with Crippen LogP contribution in [0.25, 0.3) is 0 Å². The van der Waals surface area contributed by atoms with E-state index in [4.69, 9.17) is 0 Å². The largest absolute Gasteiger partial charge is 0.371 e. The highest BCUT2D eigenvalue weighted by Gasteiger charge is 2.14. The zero-order valence-electron chi connectivity index (χ0n) is 14.0. The third-order valence-electron chi connectivity index (χ3n) is 3.18. The number of nitrogens with one attached hydrogen (secondary N) is 1. The molecule has 0 aliphatic heterocycles. The zero-order valence-corrected chi connectivity index (χ0v) is 14.0. The van der Waals surface area contributed by atoms with Crippen LogP contribution in [0.3, 0.4) is 0 Å². The van der Waals surface area contributed by atoms with Crippen molar-refractivity contribution in [3.63, 3.8) is 0 Å². The first-order chi connectivity index (χ1) is 9.43. The lowest BCUT2D eigenvalue weighted by molar-refractivity contribution is 0.550. The number of hydrogen-bond acceptors (Lipinski definition) is 3. The van der Waals surface area contributed by atoms with E-state index in [1.807, 2.05) is 6.20 Å². The molecule has 3 heteroatoms. The summed E-state index contributed by atoms with van der Waals surface area (Å²) < 4.78 is 0. The fourth-order valence-corrected chi connectivity index (χ4v) is 2.42. The molecule has 0 aliphatic carbocycles. The maximum atomic E-state index is 4.47. The van der Waals surface area contributed by atoms with Gasteiger partial charge in [-0.25, -0.2) is 0 Å². The second-order valence-electron chi connectivity index (χ2n) is 6.43. The van der Waals surface area contributed by atoms with E-state index in [0.29, 0.717) is 11.8 Å². The second kappa shape index (κ2) is 8.25. The molecule has 1 N–H and O–H groups in total. The minimum absolute atomic E-state index is 0.661. The van der Waals surface area contributed by atoms with Crippen LogP contribution in [0.4, 0.5) is 5.69 Å². The maximum absolute atomic E-state index is 4.47. The molecule has 0 unspecified atom stereocenters. The molecule has 0 aromatic carbocycles. The van der Waals surface area contributed by atoms with Crippen LogP contribution in [0.1, 0.15) is 45.9 Å². The van der Waals surface area contributed by atoms with E-state index in [0.717, 1.165) is 31.9 Å². The van der Waals surface area contributed by atoms with E-state index in [-0.39, 0.29) is 0 Å². The highest BCUT2D eigenvalue weighted by molar-refractivity contribution is 5.53. The van der Waals surface area contributed by atoms with Crippen molar-refractivity contribution in [1.82, 2.24) is 10.3 Å². The lowest BCUT2D eigenvalue weighted by Crippen LogP contribution is -2.32. The molecular formula is C17H31N3. The molecule has 0 amide bonds. The van der Waals surface area contributed by atoms with Crippen LogP contribution in [-0.4, -0.2) is 24.6 Å². The van der Waals surface area contributed by atoms with Gasteiger partial charge in [0.25, 0.3) is 0 Å². The van der Waals surface area contributed by atoms with Crippen molar-refractivity contribution in [3.8, 4) is 0 Å². The molecular weight excluding hydrogens is 246 g/mol. The van der Waals surface area contributed by atoms with Gasteiger partial charge in [0, 0.05) is 42.8 Å². The number of aromatic nitrogens is 1. The predicted octanol–water partition coefficient (Wildman–Crippen LogP) is 3.62. The first-order valence-electron chi connectivity index (χ1n) is 7.85. The Kier molecular flexibility index (Phi) is 7.00. The molecule has 1 heterocycles. The molecule has 0 spiro atoms. The van der Waals surface area contributed by atoms with Crippen LogP contribution in [0, 0.1) is 18.8 Å². The van der Waals surface area contributed by atoms with Crippen LogP contribution < -0.4 is 10.2 Å². The third-order valence-corrected chi connectivity index (χ3v) is 3.18. The van der Waals surface area contributed by atoms with Crippen LogP contribution in [-0.2, 0) is 6.54 Å². The Morgan fingerprint density at radius 3 is 2.25 bits per heavy atom. The van der Waals surface area contributed by atoms with Gasteiger partial charge in [0.2, 0.25) is 0 Å². The summed E-state index contributed by atoms with van der Waals surface area (Å²) in [4.78, 5) is 6.99. The Hall–Kier alpha value is -1.09. The van der Waals surface area contributed by atoms with Crippen molar-refractivity contribution in [2.75, 3.05) is 24.5 Å². The highest BCUT2D eigenvalue weighted by Crippen LogP contribution is 2.23. The molecule has 1 aromatic heterocycles. The van der Waals surface area contributed by atoms with Crippen molar-refractivity contribution in [2.24, 2.45) is 11.8 Å². The minimum atomic E-state index is 0.661. The van der Waals surface area contributed by atoms with Gasteiger partial charge in [-0.15, -0.1) is 0 Å². The summed E-state index contributed by atoms with van der Waals surface area (Å²) in [6.45, 7) is 17.4. The molecule has 1 rings (SSSR count). The van der Waals surface area contributed by atoms with Gasteiger partial charge < -0.3 is 10.2 Å². The van der Waals surface area contributed by atoms with Crippen molar-refractivity contribution in [2.45, 2.75) is 48.1 Å². The van der Waals surface area contributed by atoms with E-state index >= 15 is 0 Å². The molecule has 0 saturated heterocycles. The Balaban J connectivity index is 3.04. The fraction of sp³-hybridized carbons (Fsp3) is 0.706. The van der Waals surface area contributed by atoms with E-state index in [1.165, 1.54) is 11.3 Å². The number of pyridine rings is 1. The molecule has 0 bridgehead atoms. The maximum Gasteiger partial charge on any atom is 0.0445 e. The zero-order chi connectivity index (χ0) is 15.1. The van der Waals surface area contributed by atoms with Gasteiger partial charge in [0.1, 0.15) is 0 Å². The predicted molar refractivity (Wildman–Crippen MR) is 88.2 cm³/mol. The van der Waals surface area contributed by atoms with Gasteiger partial charge in [-0.05, 0) is 31.4 Å². The SMILES string of the molecule is CCNCc1cnc(C)cc1N(CC(C)C)CC(C)C. The van der Waals surface area contributed by atoms with Crippen molar-refractivity contribution in [3.05, 3.63) is 23.5 Å². The van der Waals surface area contributed by atoms with Crippen molar-refractivity contribution in [1.29, 1.82) is 0 Å². The van der Waals surface area contributed by atoms with Gasteiger partial charge >= 0.3 is 0 Å². The highest BCUT2D eigenvalue weighted by atomic mass is 15.1. The summed E-state index contributed by atoms with van der Waals surface area (Å²) in [7, 11) is 0. The molecule has 0 saturated carbocycles. The first kappa shape index (κ1) is 17.0. The molecule has 3 nitrogen and oxygen atoms in total. The molecule has 0 aliphatic rings. The van der Waals surface area contributed by atoms with Gasteiger partial charge in [-0.3, -0.25) is 4.98 Å². The number of hydrogen-bond donors (Lipinski definition) is 1. The normalized spacial score (nSPS) is 11.4. The average molecular weight is 277 g/mol. The fourth-order valence-electron chi connectivity index (χ4n) is 2.42. The van der Waals surface area contributed by atoms with E-state index in [1.54, 1.807) is 0 Å². The lowest BCUT2D eigenvalue weighted by atomic mass is 10.1.